The number of carbonyl (C=O) groups is 1. The summed E-state index contributed by atoms with van der Waals surface area (Å²) >= 11 is 2.76. The lowest BCUT2D eigenvalue weighted by atomic mass is 10.3. The van der Waals surface area contributed by atoms with E-state index >= 15 is 0 Å². The maximum absolute atomic E-state index is 12.1. The van der Waals surface area contributed by atoms with E-state index < -0.39 is 0 Å². The van der Waals surface area contributed by atoms with E-state index in [1.165, 1.54) is 22.7 Å². The predicted octanol–water partition coefficient (Wildman–Crippen LogP) is 3.22. The Bertz CT molecular complexity index is 736. The van der Waals surface area contributed by atoms with Gasteiger partial charge in [-0.3, -0.25) is 15.1 Å². The van der Waals surface area contributed by atoms with Gasteiger partial charge in [-0.2, -0.15) is 0 Å². The van der Waals surface area contributed by atoms with Crippen LogP contribution in [0, 0.1) is 6.92 Å². The molecule has 0 radical (unpaired) electrons. The molecule has 100 valence electrons. The highest BCUT2D eigenvalue weighted by Gasteiger charge is 2.13. The van der Waals surface area contributed by atoms with Gasteiger partial charge in [0.15, 0.2) is 0 Å². The highest BCUT2D eigenvalue weighted by atomic mass is 32.1. The Balaban J connectivity index is 1.78. The van der Waals surface area contributed by atoms with Gasteiger partial charge in [0.25, 0.3) is 5.91 Å². The second-order valence-corrected chi connectivity index (χ2v) is 5.93. The summed E-state index contributed by atoms with van der Waals surface area (Å²) in [6, 6.07) is 5.63. The van der Waals surface area contributed by atoms with Gasteiger partial charge in [-0.05, 0) is 36.1 Å². The molecule has 0 bridgehead atoms. The molecule has 0 aliphatic heterocycles. The first-order chi connectivity index (χ1) is 9.74. The van der Waals surface area contributed by atoms with Crippen LogP contribution in [0.4, 0.5) is 5.13 Å². The minimum atomic E-state index is -0.144. The molecule has 0 fully saturated rings. The summed E-state index contributed by atoms with van der Waals surface area (Å²) in [6.45, 7) is 1.91. The van der Waals surface area contributed by atoms with Gasteiger partial charge in [0.1, 0.15) is 5.01 Å². The zero-order valence-corrected chi connectivity index (χ0v) is 12.2. The molecule has 1 amide bonds. The van der Waals surface area contributed by atoms with Gasteiger partial charge in [0.2, 0.25) is 5.13 Å². The summed E-state index contributed by atoms with van der Waals surface area (Å²) in [5.74, 6) is -0.144. The highest BCUT2D eigenvalue weighted by molar-refractivity contribution is 7.18. The van der Waals surface area contributed by atoms with Crippen molar-refractivity contribution in [3.8, 4) is 10.6 Å². The number of nitrogens with zero attached hydrogens (tertiary/aromatic N) is 3. The number of aryl methyl sites for hydroxylation is 1. The Hall–Kier alpha value is -2.12. The van der Waals surface area contributed by atoms with Crippen LogP contribution >= 0.6 is 22.7 Å². The first-order valence-corrected chi connectivity index (χ1v) is 7.53. The van der Waals surface area contributed by atoms with Gasteiger partial charge in [-0.1, -0.05) is 11.3 Å². The van der Waals surface area contributed by atoms with Crippen LogP contribution in [0.15, 0.2) is 36.0 Å². The van der Waals surface area contributed by atoms with Crippen molar-refractivity contribution in [1.82, 2.24) is 15.2 Å². The minimum absolute atomic E-state index is 0.144. The molecule has 3 aromatic heterocycles. The normalized spacial score (nSPS) is 10.4. The second kappa shape index (κ2) is 5.48. The fourth-order valence-corrected chi connectivity index (χ4v) is 3.21. The summed E-state index contributed by atoms with van der Waals surface area (Å²) in [5.41, 5.74) is 1.90. The molecule has 0 aromatic carbocycles. The molecule has 3 aromatic rings. The monoisotopic (exact) mass is 302 g/mol. The summed E-state index contributed by atoms with van der Waals surface area (Å²) < 4.78 is 0. The zero-order valence-electron chi connectivity index (χ0n) is 10.5. The maximum Gasteiger partial charge on any atom is 0.267 e. The van der Waals surface area contributed by atoms with Gasteiger partial charge in [-0.15, -0.1) is 21.5 Å². The minimum Gasteiger partial charge on any atom is -0.296 e. The number of hydrogen-bond acceptors (Lipinski definition) is 6. The first kappa shape index (κ1) is 12.9. The van der Waals surface area contributed by atoms with Crippen LogP contribution in [0.2, 0.25) is 0 Å². The topological polar surface area (TPSA) is 67.8 Å². The third kappa shape index (κ3) is 2.59. The molecule has 20 heavy (non-hydrogen) atoms. The van der Waals surface area contributed by atoms with Gasteiger partial charge in [-0.25, -0.2) is 0 Å². The van der Waals surface area contributed by atoms with E-state index in [2.05, 4.69) is 20.5 Å². The van der Waals surface area contributed by atoms with Gasteiger partial charge in [0.05, 0.1) is 4.88 Å². The summed E-state index contributed by atoms with van der Waals surface area (Å²) in [6.07, 6.45) is 3.40. The molecule has 1 N–H and O–H groups in total. The summed E-state index contributed by atoms with van der Waals surface area (Å²) in [4.78, 5) is 16.7. The zero-order chi connectivity index (χ0) is 13.9. The van der Waals surface area contributed by atoms with E-state index in [-0.39, 0.29) is 5.91 Å². The lowest BCUT2D eigenvalue weighted by molar-refractivity contribution is 0.103. The van der Waals surface area contributed by atoms with Crippen LogP contribution in [0.25, 0.3) is 10.6 Å². The van der Waals surface area contributed by atoms with Gasteiger partial charge < -0.3 is 0 Å². The van der Waals surface area contributed by atoms with E-state index in [0.717, 1.165) is 16.1 Å². The Morgan fingerprint density at radius 2 is 2.00 bits per heavy atom. The van der Waals surface area contributed by atoms with E-state index in [1.54, 1.807) is 12.4 Å². The standard InChI is InChI=1S/C13H10N4OS2/c1-8-4-7-19-10(8)11(18)15-13-17-16-12(20-13)9-2-5-14-6-3-9/h2-7H,1H3,(H,15,17,18). The summed E-state index contributed by atoms with van der Waals surface area (Å²) in [7, 11) is 0. The molecule has 7 heteroatoms. The molecule has 0 saturated heterocycles. The van der Waals surface area contributed by atoms with Crippen LogP contribution in [-0.4, -0.2) is 21.1 Å². The quantitative estimate of drug-likeness (QED) is 0.806. The van der Waals surface area contributed by atoms with Crippen molar-refractivity contribution in [2.24, 2.45) is 0 Å². The number of thiophene rings is 1. The Labute approximate surface area is 123 Å². The van der Waals surface area contributed by atoms with Gasteiger partial charge >= 0.3 is 0 Å². The SMILES string of the molecule is Cc1ccsc1C(=O)Nc1nnc(-c2ccncc2)s1. The van der Waals surface area contributed by atoms with Crippen LogP contribution < -0.4 is 5.32 Å². The van der Waals surface area contributed by atoms with Crippen LogP contribution in [0.5, 0.6) is 0 Å². The molecular weight excluding hydrogens is 292 g/mol. The van der Waals surface area contributed by atoms with E-state index in [4.69, 9.17) is 0 Å². The number of carbonyl (C=O) groups excluding carboxylic acids is 1. The third-order valence-corrected chi connectivity index (χ3v) is 4.54. The molecule has 0 aliphatic rings. The number of pyridine rings is 1. The number of amides is 1. The number of rotatable bonds is 3. The van der Waals surface area contributed by atoms with Crippen molar-refractivity contribution in [2.75, 3.05) is 5.32 Å². The fourth-order valence-electron chi connectivity index (χ4n) is 1.64. The lowest BCUT2D eigenvalue weighted by Crippen LogP contribution is -2.10. The number of anilines is 1. The van der Waals surface area contributed by atoms with Crippen molar-refractivity contribution in [1.29, 1.82) is 0 Å². The largest absolute Gasteiger partial charge is 0.296 e. The van der Waals surface area contributed by atoms with Crippen LogP contribution in [-0.2, 0) is 0 Å². The molecule has 3 heterocycles. The van der Waals surface area contributed by atoms with Crippen molar-refractivity contribution in [3.05, 3.63) is 46.4 Å². The molecule has 0 atom stereocenters. The highest BCUT2D eigenvalue weighted by Crippen LogP contribution is 2.26. The number of hydrogen-bond donors (Lipinski definition) is 1. The molecule has 0 saturated carbocycles. The Morgan fingerprint density at radius 3 is 2.70 bits per heavy atom. The third-order valence-electron chi connectivity index (χ3n) is 2.64. The predicted molar refractivity (Wildman–Crippen MR) is 80.1 cm³/mol. The number of nitrogens with one attached hydrogen (secondary N) is 1. The van der Waals surface area contributed by atoms with Crippen molar-refractivity contribution in [2.45, 2.75) is 6.92 Å². The average Bonchev–Trinajstić information content (AvgIpc) is 3.09. The molecule has 0 aliphatic carbocycles. The lowest BCUT2D eigenvalue weighted by Gasteiger charge is -1.98. The van der Waals surface area contributed by atoms with E-state index in [0.29, 0.717) is 10.0 Å². The van der Waals surface area contributed by atoms with E-state index in [1.807, 2.05) is 30.5 Å². The van der Waals surface area contributed by atoms with Crippen molar-refractivity contribution >= 4 is 33.7 Å². The molecular formula is C13H10N4OS2. The maximum atomic E-state index is 12.1. The average molecular weight is 302 g/mol. The number of aromatic nitrogens is 3. The van der Waals surface area contributed by atoms with Gasteiger partial charge in [0, 0.05) is 18.0 Å². The molecule has 0 unspecified atom stereocenters. The smallest absolute Gasteiger partial charge is 0.267 e. The molecule has 3 rings (SSSR count). The molecule has 0 spiro atoms. The second-order valence-electron chi connectivity index (χ2n) is 4.04. The fraction of sp³-hybridized carbons (Fsp3) is 0.0769. The van der Waals surface area contributed by atoms with E-state index in [9.17, 15) is 4.79 Å². The van der Waals surface area contributed by atoms with Crippen LogP contribution in [0.3, 0.4) is 0 Å². The van der Waals surface area contributed by atoms with Crippen LogP contribution in [0.1, 0.15) is 15.2 Å². The first-order valence-electron chi connectivity index (χ1n) is 5.83. The molecule has 5 nitrogen and oxygen atoms in total. The Kier molecular flexibility index (Phi) is 3.53. The van der Waals surface area contributed by atoms with Crippen molar-refractivity contribution < 1.29 is 4.79 Å². The van der Waals surface area contributed by atoms with Crippen molar-refractivity contribution in [3.63, 3.8) is 0 Å². The summed E-state index contributed by atoms with van der Waals surface area (Å²) in [5, 5.41) is 14.0. The Morgan fingerprint density at radius 1 is 1.20 bits per heavy atom.